The van der Waals surface area contributed by atoms with Gasteiger partial charge in [-0.3, -0.25) is 0 Å². The Morgan fingerprint density at radius 3 is 2.52 bits per heavy atom. The van der Waals surface area contributed by atoms with Crippen molar-refractivity contribution in [3.05, 3.63) is 28.2 Å². The smallest absolute Gasteiger partial charge is 0.0510 e. The van der Waals surface area contributed by atoms with Crippen LogP contribution in [0, 0.1) is 5.92 Å². The zero-order valence-electron chi connectivity index (χ0n) is 13.6. The highest BCUT2D eigenvalue weighted by Crippen LogP contribution is 2.33. The van der Waals surface area contributed by atoms with E-state index in [1.165, 1.54) is 41.4 Å². The van der Waals surface area contributed by atoms with Gasteiger partial charge in [-0.25, -0.2) is 0 Å². The monoisotopic (exact) mass is 352 g/mol. The number of hydrogen-bond donors (Lipinski definition) is 1. The lowest BCUT2D eigenvalue weighted by Crippen LogP contribution is -2.35. The standard InChI is InChI=1S/C18H29BrN2/c1-4-15(20)11-14-7-10-18(17(19)12-14)21(3)16-8-5-13(2)6-9-16/h7,10,12-13,15-16H,4-6,8-9,11,20H2,1-3H3. The zero-order valence-corrected chi connectivity index (χ0v) is 15.2. The maximum absolute atomic E-state index is 6.06. The predicted octanol–water partition coefficient (Wildman–Crippen LogP) is 4.74. The summed E-state index contributed by atoms with van der Waals surface area (Å²) < 4.78 is 1.20. The highest BCUT2D eigenvalue weighted by atomic mass is 79.9. The highest BCUT2D eigenvalue weighted by molar-refractivity contribution is 9.10. The molecule has 0 spiro atoms. The molecule has 2 N–H and O–H groups in total. The van der Waals surface area contributed by atoms with Crippen LogP contribution < -0.4 is 10.6 Å². The zero-order chi connectivity index (χ0) is 15.4. The number of halogens is 1. The molecule has 1 aromatic carbocycles. The SMILES string of the molecule is CCC(N)Cc1ccc(N(C)C2CCC(C)CC2)c(Br)c1. The molecular weight excluding hydrogens is 324 g/mol. The van der Waals surface area contributed by atoms with Crippen molar-refractivity contribution in [2.75, 3.05) is 11.9 Å². The van der Waals surface area contributed by atoms with Gasteiger partial charge in [0.15, 0.2) is 0 Å². The summed E-state index contributed by atoms with van der Waals surface area (Å²) in [4.78, 5) is 2.46. The fraction of sp³-hybridized carbons (Fsp3) is 0.667. The molecule has 1 saturated carbocycles. The summed E-state index contributed by atoms with van der Waals surface area (Å²) in [6.45, 7) is 4.52. The Labute approximate surface area is 138 Å². The molecule has 1 unspecified atom stereocenters. The molecule has 0 bridgehead atoms. The molecular formula is C18H29BrN2. The summed E-state index contributed by atoms with van der Waals surface area (Å²) in [5.41, 5.74) is 8.69. The molecule has 0 aromatic heterocycles. The molecule has 0 amide bonds. The van der Waals surface area contributed by atoms with Crippen LogP contribution in [0.5, 0.6) is 0 Å². The maximum Gasteiger partial charge on any atom is 0.0510 e. The summed E-state index contributed by atoms with van der Waals surface area (Å²) >= 11 is 3.76. The lowest BCUT2D eigenvalue weighted by atomic mass is 9.86. The minimum absolute atomic E-state index is 0.264. The number of rotatable bonds is 5. The first kappa shape index (κ1) is 16.8. The fourth-order valence-corrected chi connectivity index (χ4v) is 3.94. The Morgan fingerprint density at radius 1 is 1.29 bits per heavy atom. The molecule has 2 rings (SSSR count). The molecule has 1 aliphatic carbocycles. The molecule has 1 atom stereocenters. The van der Waals surface area contributed by atoms with Gasteiger partial charge in [0.2, 0.25) is 0 Å². The molecule has 1 aromatic rings. The summed E-state index contributed by atoms with van der Waals surface area (Å²) in [6.07, 6.45) is 7.32. The van der Waals surface area contributed by atoms with E-state index in [1.54, 1.807) is 0 Å². The molecule has 0 heterocycles. The van der Waals surface area contributed by atoms with Crippen molar-refractivity contribution < 1.29 is 0 Å². The van der Waals surface area contributed by atoms with Gasteiger partial charge in [0.25, 0.3) is 0 Å². The van der Waals surface area contributed by atoms with E-state index < -0.39 is 0 Å². The summed E-state index contributed by atoms with van der Waals surface area (Å²) in [7, 11) is 2.23. The van der Waals surface area contributed by atoms with Gasteiger partial charge in [0.1, 0.15) is 0 Å². The number of hydrogen-bond acceptors (Lipinski definition) is 2. The maximum atomic E-state index is 6.06. The van der Waals surface area contributed by atoms with Crippen LogP contribution in [0.4, 0.5) is 5.69 Å². The largest absolute Gasteiger partial charge is 0.371 e. The van der Waals surface area contributed by atoms with Crippen LogP contribution in [0.3, 0.4) is 0 Å². The predicted molar refractivity (Wildman–Crippen MR) is 95.9 cm³/mol. The number of benzene rings is 1. The second-order valence-corrected chi connectivity index (χ2v) is 7.54. The molecule has 1 aliphatic rings. The van der Waals surface area contributed by atoms with Gasteiger partial charge < -0.3 is 10.6 Å². The molecule has 21 heavy (non-hydrogen) atoms. The van der Waals surface area contributed by atoms with E-state index >= 15 is 0 Å². The van der Waals surface area contributed by atoms with Crippen LogP contribution in [0.15, 0.2) is 22.7 Å². The van der Waals surface area contributed by atoms with E-state index in [2.05, 4.69) is 59.9 Å². The van der Waals surface area contributed by atoms with Crippen LogP contribution in [0.25, 0.3) is 0 Å². The molecule has 2 nitrogen and oxygen atoms in total. The third kappa shape index (κ3) is 4.46. The van der Waals surface area contributed by atoms with Crippen molar-refractivity contribution in [2.24, 2.45) is 11.7 Å². The molecule has 0 aliphatic heterocycles. The van der Waals surface area contributed by atoms with E-state index in [-0.39, 0.29) is 6.04 Å². The average molecular weight is 353 g/mol. The quantitative estimate of drug-likeness (QED) is 0.828. The summed E-state index contributed by atoms with van der Waals surface area (Å²) in [5, 5.41) is 0. The highest BCUT2D eigenvalue weighted by Gasteiger charge is 2.23. The topological polar surface area (TPSA) is 29.3 Å². The van der Waals surface area contributed by atoms with Crippen molar-refractivity contribution in [1.82, 2.24) is 0 Å². The molecule has 3 heteroatoms. The van der Waals surface area contributed by atoms with Gasteiger partial charge in [-0.1, -0.05) is 19.9 Å². The van der Waals surface area contributed by atoms with Gasteiger partial charge >= 0.3 is 0 Å². The van der Waals surface area contributed by atoms with E-state index in [1.807, 2.05) is 0 Å². The van der Waals surface area contributed by atoms with Gasteiger partial charge in [0, 0.05) is 23.6 Å². The summed E-state index contributed by atoms with van der Waals surface area (Å²) in [6, 6.07) is 7.67. The van der Waals surface area contributed by atoms with Crippen LogP contribution in [0.2, 0.25) is 0 Å². The molecule has 0 radical (unpaired) electrons. The fourth-order valence-electron chi connectivity index (χ4n) is 3.24. The third-order valence-electron chi connectivity index (χ3n) is 4.95. The number of nitrogens with zero attached hydrogens (tertiary/aromatic N) is 1. The van der Waals surface area contributed by atoms with Gasteiger partial charge in [-0.15, -0.1) is 0 Å². The van der Waals surface area contributed by atoms with Gasteiger partial charge in [0.05, 0.1) is 5.69 Å². The van der Waals surface area contributed by atoms with E-state index in [9.17, 15) is 0 Å². The molecule has 0 saturated heterocycles. The van der Waals surface area contributed by atoms with Crippen molar-refractivity contribution in [1.29, 1.82) is 0 Å². The Morgan fingerprint density at radius 2 is 1.95 bits per heavy atom. The van der Waals surface area contributed by atoms with E-state index in [0.717, 1.165) is 18.8 Å². The second-order valence-electron chi connectivity index (χ2n) is 6.68. The third-order valence-corrected chi connectivity index (χ3v) is 5.58. The first-order chi connectivity index (χ1) is 10.0. The van der Waals surface area contributed by atoms with Crippen molar-refractivity contribution in [3.63, 3.8) is 0 Å². The van der Waals surface area contributed by atoms with E-state index in [4.69, 9.17) is 5.73 Å². The van der Waals surface area contributed by atoms with Crippen LogP contribution in [-0.2, 0) is 6.42 Å². The minimum Gasteiger partial charge on any atom is -0.371 e. The van der Waals surface area contributed by atoms with Crippen LogP contribution in [-0.4, -0.2) is 19.1 Å². The molecule has 1 fully saturated rings. The Hall–Kier alpha value is -0.540. The lowest BCUT2D eigenvalue weighted by molar-refractivity contribution is 0.340. The van der Waals surface area contributed by atoms with Gasteiger partial charge in [-0.05, 0) is 78.1 Å². The Balaban J connectivity index is 2.06. The van der Waals surface area contributed by atoms with Crippen LogP contribution >= 0.6 is 15.9 Å². The number of anilines is 1. The Bertz CT molecular complexity index is 453. The Kier molecular flexibility index (Phi) is 6.12. The van der Waals surface area contributed by atoms with Crippen molar-refractivity contribution in [2.45, 2.75) is 64.5 Å². The van der Waals surface area contributed by atoms with E-state index in [0.29, 0.717) is 6.04 Å². The summed E-state index contributed by atoms with van der Waals surface area (Å²) in [5.74, 6) is 0.899. The molecule has 118 valence electrons. The van der Waals surface area contributed by atoms with Crippen molar-refractivity contribution >= 4 is 21.6 Å². The first-order valence-electron chi connectivity index (χ1n) is 8.28. The minimum atomic E-state index is 0.264. The normalized spacial score (nSPS) is 23.9. The second kappa shape index (κ2) is 7.64. The van der Waals surface area contributed by atoms with Crippen molar-refractivity contribution in [3.8, 4) is 0 Å². The van der Waals surface area contributed by atoms with Crippen LogP contribution in [0.1, 0.15) is 51.5 Å². The van der Waals surface area contributed by atoms with Gasteiger partial charge in [-0.2, -0.15) is 0 Å². The first-order valence-corrected chi connectivity index (χ1v) is 9.07. The number of nitrogens with two attached hydrogens (primary N) is 1. The average Bonchev–Trinajstić information content (AvgIpc) is 2.47. The lowest BCUT2D eigenvalue weighted by Gasteiger charge is -2.35.